The van der Waals surface area contributed by atoms with E-state index in [9.17, 15) is 19.8 Å². The van der Waals surface area contributed by atoms with Crippen LogP contribution in [0.1, 0.15) is 69.8 Å². The molecule has 45 heavy (non-hydrogen) atoms. The van der Waals surface area contributed by atoms with Crippen molar-refractivity contribution in [3.05, 3.63) is 115 Å². The number of phenolic OH excluding ortho intramolecular Hbond substituents is 1. The van der Waals surface area contributed by atoms with Gasteiger partial charge in [0.15, 0.2) is 0 Å². The van der Waals surface area contributed by atoms with Gasteiger partial charge in [-0.15, -0.1) is 0 Å². The summed E-state index contributed by atoms with van der Waals surface area (Å²) >= 11 is 6.39. The zero-order chi connectivity index (χ0) is 32.3. The fraction of sp³-hybridized carbons (Fsp3) is 0.216. The molecule has 0 fully saturated rings. The van der Waals surface area contributed by atoms with Crippen molar-refractivity contribution in [2.45, 2.75) is 53.6 Å². The second kappa shape index (κ2) is 11.3. The van der Waals surface area contributed by atoms with Gasteiger partial charge in [-0.25, -0.2) is 4.79 Å². The largest absolute Gasteiger partial charge is 0.507 e. The number of aromatic nitrogens is 1. The van der Waals surface area contributed by atoms with Crippen LogP contribution in [-0.4, -0.2) is 21.2 Å². The van der Waals surface area contributed by atoms with Crippen molar-refractivity contribution in [2.24, 2.45) is 0 Å². The summed E-state index contributed by atoms with van der Waals surface area (Å²) in [4.78, 5) is 30.2. The third-order valence-corrected chi connectivity index (χ3v) is 8.99. The van der Waals surface area contributed by atoms with Crippen molar-refractivity contribution in [3.8, 4) is 28.2 Å². The number of carboxylic acid groups (broad SMARTS) is 1. The van der Waals surface area contributed by atoms with Crippen LogP contribution < -0.4 is 10.7 Å². The number of phenols is 1. The first-order chi connectivity index (χ1) is 21.4. The number of carboxylic acids is 1. The van der Waals surface area contributed by atoms with Gasteiger partial charge in [0.1, 0.15) is 17.1 Å². The Morgan fingerprint density at radius 2 is 1.64 bits per heavy atom. The highest BCUT2D eigenvalue weighted by Crippen LogP contribution is 2.47. The SMILES string of the molecule is Cc1ccc2c(C)ccc(C(C)NC(C)c3c(O)c(C)cc4c(-c5ccccc5C(=O)O)c5cc(Cl)c(=O)c(C)c-5oc34)c2n1. The number of aryl methyl sites for hydroxylation is 3. The molecule has 6 rings (SSSR count). The van der Waals surface area contributed by atoms with E-state index < -0.39 is 12.0 Å². The van der Waals surface area contributed by atoms with Crippen molar-refractivity contribution in [1.29, 1.82) is 0 Å². The van der Waals surface area contributed by atoms with Crippen LogP contribution in [0.25, 0.3) is 44.3 Å². The minimum absolute atomic E-state index is 0.0114. The molecule has 8 heteroatoms. The Morgan fingerprint density at radius 3 is 2.38 bits per heavy atom. The fourth-order valence-corrected chi connectivity index (χ4v) is 6.62. The van der Waals surface area contributed by atoms with Gasteiger partial charge in [-0.05, 0) is 88.1 Å². The Hall–Kier alpha value is -4.72. The molecule has 0 saturated heterocycles. The Balaban J connectivity index is 1.62. The van der Waals surface area contributed by atoms with Crippen LogP contribution in [0.4, 0.5) is 0 Å². The number of nitrogens with one attached hydrogen (secondary N) is 1. The van der Waals surface area contributed by atoms with E-state index in [4.69, 9.17) is 21.0 Å². The molecule has 2 atom stereocenters. The first-order valence-corrected chi connectivity index (χ1v) is 15.1. The van der Waals surface area contributed by atoms with E-state index in [-0.39, 0.29) is 33.6 Å². The first-order valence-electron chi connectivity index (χ1n) is 14.8. The number of nitrogens with zero attached hydrogens (tertiary/aromatic N) is 1. The number of aromatic carboxylic acids is 1. The molecule has 2 aliphatic rings. The molecule has 3 aromatic carbocycles. The number of carbonyl (C=O) groups is 1. The molecule has 2 unspecified atom stereocenters. The molecule has 1 aliphatic heterocycles. The van der Waals surface area contributed by atoms with Gasteiger partial charge in [0, 0.05) is 45.2 Å². The number of aromatic hydroxyl groups is 1. The molecule has 0 spiro atoms. The van der Waals surface area contributed by atoms with Gasteiger partial charge in [0.2, 0.25) is 5.43 Å². The molecule has 1 aromatic heterocycles. The van der Waals surface area contributed by atoms with Crippen LogP contribution >= 0.6 is 11.6 Å². The van der Waals surface area contributed by atoms with E-state index in [2.05, 4.69) is 37.4 Å². The van der Waals surface area contributed by atoms with Crippen LogP contribution in [0, 0.1) is 27.7 Å². The van der Waals surface area contributed by atoms with Crippen molar-refractivity contribution in [1.82, 2.24) is 10.3 Å². The van der Waals surface area contributed by atoms with Crippen molar-refractivity contribution < 1.29 is 19.4 Å². The summed E-state index contributed by atoms with van der Waals surface area (Å²) in [7, 11) is 0. The standard InChI is InChI=1S/C37H33ClN2O5/c1-17-11-13-24(32-23(17)14-12-19(3)39-32)21(5)40-22(6)30-33(41)18(2)15-27-31(25-9-7-8-10-26(25)37(43)44)28-16-29(38)34(42)20(4)35(28)45-36(27)30/h7-16,21-22,40-41H,1-6H3,(H,43,44). The second-order valence-corrected chi connectivity index (χ2v) is 12.2. The number of pyridine rings is 1. The van der Waals surface area contributed by atoms with E-state index in [1.807, 2.05) is 19.9 Å². The maximum atomic E-state index is 13.0. The quantitative estimate of drug-likeness (QED) is 0.159. The average Bonchev–Trinajstić information content (AvgIpc) is 3.00. The van der Waals surface area contributed by atoms with Gasteiger partial charge in [-0.3, -0.25) is 9.78 Å². The van der Waals surface area contributed by atoms with Crippen LogP contribution in [0.2, 0.25) is 5.02 Å². The van der Waals surface area contributed by atoms with Gasteiger partial charge in [0.05, 0.1) is 21.7 Å². The smallest absolute Gasteiger partial charge is 0.336 e. The van der Waals surface area contributed by atoms with E-state index >= 15 is 0 Å². The topological polar surface area (TPSA) is 113 Å². The predicted octanol–water partition coefficient (Wildman–Crippen LogP) is 8.82. The number of halogens is 1. The summed E-state index contributed by atoms with van der Waals surface area (Å²) in [5.74, 6) is -0.766. The summed E-state index contributed by atoms with van der Waals surface area (Å²) in [5.41, 5.74) is 6.94. The second-order valence-electron chi connectivity index (χ2n) is 11.8. The Labute approximate surface area is 265 Å². The lowest BCUT2D eigenvalue weighted by molar-refractivity contribution is 0.0697. The molecule has 0 amide bonds. The van der Waals surface area contributed by atoms with Crippen LogP contribution in [-0.2, 0) is 0 Å². The number of hydrogen-bond donors (Lipinski definition) is 3. The molecule has 1 aliphatic carbocycles. The highest BCUT2D eigenvalue weighted by Gasteiger charge is 2.29. The zero-order valence-electron chi connectivity index (χ0n) is 25.9. The summed E-state index contributed by atoms with van der Waals surface area (Å²) in [5, 5.41) is 27.0. The third-order valence-electron chi connectivity index (χ3n) is 8.71. The van der Waals surface area contributed by atoms with Crippen LogP contribution in [0.3, 0.4) is 0 Å². The molecule has 4 aromatic rings. The third kappa shape index (κ3) is 5.02. The molecule has 0 saturated carbocycles. The Kier molecular flexibility index (Phi) is 7.63. The minimum Gasteiger partial charge on any atom is -0.507 e. The number of hydrogen-bond acceptors (Lipinski definition) is 6. The van der Waals surface area contributed by atoms with Gasteiger partial charge >= 0.3 is 5.97 Å². The van der Waals surface area contributed by atoms with E-state index in [1.165, 1.54) is 12.1 Å². The lowest BCUT2D eigenvalue weighted by Crippen LogP contribution is -2.23. The van der Waals surface area contributed by atoms with Gasteiger partial charge in [-0.1, -0.05) is 48.0 Å². The maximum Gasteiger partial charge on any atom is 0.336 e. The highest BCUT2D eigenvalue weighted by atomic mass is 35.5. The highest BCUT2D eigenvalue weighted by molar-refractivity contribution is 6.31. The number of benzene rings is 4. The van der Waals surface area contributed by atoms with E-state index in [0.29, 0.717) is 44.3 Å². The molecule has 2 heterocycles. The number of fused-ring (bicyclic) bond motifs is 3. The predicted molar refractivity (Wildman–Crippen MR) is 179 cm³/mol. The Morgan fingerprint density at radius 1 is 0.911 bits per heavy atom. The lowest BCUT2D eigenvalue weighted by atomic mass is 9.87. The normalized spacial score (nSPS) is 13.0. The molecular weight excluding hydrogens is 588 g/mol. The molecular formula is C37H33ClN2O5. The minimum atomic E-state index is -1.09. The van der Waals surface area contributed by atoms with E-state index in [1.54, 1.807) is 38.1 Å². The summed E-state index contributed by atoms with van der Waals surface area (Å²) in [6.07, 6.45) is 0. The van der Waals surface area contributed by atoms with E-state index in [0.717, 1.165) is 27.7 Å². The van der Waals surface area contributed by atoms with Gasteiger partial charge < -0.3 is 19.9 Å². The molecule has 0 bridgehead atoms. The molecule has 228 valence electrons. The van der Waals surface area contributed by atoms with Crippen molar-refractivity contribution in [2.75, 3.05) is 0 Å². The monoisotopic (exact) mass is 620 g/mol. The summed E-state index contributed by atoms with van der Waals surface area (Å²) in [6, 6.07) is 17.7. The van der Waals surface area contributed by atoms with Crippen LogP contribution in [0.15, 0.2) is 69.9 Å². The summed E-state index contributed by atoms with van der Waals surface area (Å²) in [6.45, 7) is 11.5. The summed E-state index contributed by atoms with van der Waals surface area (Å²) < 4.78 is 6.53. The molecule has 7 nitrogen and oxygen atoms in total. The van der Waals surface area contributed by atoms with Crippen LogP contribution in [0.5, 0.6) is 5.75 Å². The molecule has 0 radical (unpaired) electrons. The van der Waals surface area contributed by atoms with Gasteiger partial charge in [0.25, 0.3) is 0 Å². The average molecular weight is 621 g/mol. The lowest BCUT2D eigenvalue weighted by Gasteiger charge is -2.26. The van der Waals surface area contributed by atoms with Gasteiger partial charge in [-0.2, -0.15) is 0 Å². The number of rotatable bonds is 6. The molecule has 3 N–H and O–H groups in total. The first kappa shape index (κ1) is 30.3. The Bertz CT molecular complexity index is 2200. The maximum absolute atomic E-state index is 13.0. The van der Waals surface area contributed by atoms with Crippen molar-refractivity contribution in [3.63, 3.8) is 0 Å². The van der Waals surface area contributed by atoms with Crippen molar-refractivity contribution >= 4 is 39.4 Å². The zero-order valence-corrected chi connectivity index (χ0v) is 26.6. The fourth-order valence-electron chi connectivity index (χ4n) is 6.37.